The molecule has 5 N–H and O–H groups in total. The van der Waals surface area contributed by atoms with Crippen molar-refractivity contribution >= 4 is 11.8 Å². The Morgan fingerprint density at radius 2 is 1.93 bits per heavy atom. The Balaban J connectivity index is 4.17. The fourth-order valence-electron chi connectivity index (χ4n) is 1.42. The molecule has 0 bridgehead atoms. The SMILES string of the molecule is CCCC(C)(C)NC(=O)C(N)CC(N)=O. The Morgan fingerprint density at radius 3 is 2.33 bits per heavy atom. The van der Waals surface area contributed by atoms with Gasteiger partial charge >= 0.3 is 0 Å². The highest BCUT2D eigenvalue weighted by atomic mass is 16.2. The van der Waals surface area contributed by atoms with E-state index in [2.05, 4.69) is 5.32 Å². The highest BCUT2D eigenvalue weighted by Gasteiger charge is 2.23. The molecule has 0 spiro atoms. The summed E-state index contributed by atoms with van der Waals surface area (Å²) in [7, 11) is 0. The molecule has 0 aromatic heterocycles. The van der Waals surface area contributed by atoms with Crippen LogP contribution in [0.25, 0.3) is 0 Å². The first-order valence-corrected chi connectivity index (χ1v) is 5.14. The Labute approximate surface area is 90.6 Å². The summed E-state index contributed by atoms with van der Waals surface area (Å²) in [5, 5.41) is 2.79. The van der Waals surface area contributed by atoms with E-state index < -0.39 is 11.9 Å². The smallest absolute Gasteiger partial charge is 0.237 e. The lowest BCUT2D eigenvalue weighted by atomic mass is 9.98. The second-order valence-electron chi connectivity index (χ2n) is 4.40. The predicted molar refractivity (Wildman–Crippen MR) is 58.9 cm³/mol. The number of rotatable bonds is 6. The maximum atomic E-state index is 11.5. The van der Waals surface area contributed by atoms with Crippen LogP contribution in [0.4, 0.5) is 0 Å². The Hall–Kier alpha value is -1.10. The molecule has 1 atom stereocenters. The summed E-state index contributed by atoms with van der Waals surface area (Å²) >= 11 is 0. The van der Waals surface area contributed by atoms with Gasteiger partial charge in [-0.3, -0.25) is 9.59 Å². The van der Waals surface area contributed by atoms with Gasteiger partial charge in [0.25, 0.3) is 0 Å². The zero-order chi connectivity index (χ0) is 12.1. The molecule has 5 nitrogen and oxygen atoms in total. The van der Waals surface area contributed by atoms with Crippen molar-refractivity contribution in [3.05, 3.63) is 0 Å². The molecule has 0 aromatic rings. The van der Waals surface area contributed by atoms with Crippen LogP contribution in [-0.2, 0) is 9.59 Å². The molecular weight excluding hydrogens is 194 g/mol. The van der Waals surface area contributed by atoms with Gasteiger partial charge in [-0.2, -0.15) is 0 Å². The van der Waals surface area contributed by atoms with Crippen LogP contribution in [-0.4, -0.2) is 23.4 Å². The zero-order valence-electron chi connectivity index (χ0n) is 9.67. The third-order valence-corrected chi connectivity index (χ3v) is 2.09. The quantitative estimate of drug-likeness (QED) is 0.576. The number of primary amides is 1. The summed E-state index contributed by atoms with van der Waals surface area (Å²) in [6, 6.07) is -0.848. The number of nitrogens with one attached hydrogen (secondary N) is 1. The molecule has 15 heavy (non-hydrogen) atoms. The van der Waals surface area contributed by atoms with E-state index in [0.29, 0.717) is 0 Å². The zero-order valence-corrected chi connectivity index (χ0v) is 9.67. The monoisotopic (exact) mass is 215 g/mol. The Bertz CT molecular complexity index is 239. The minimum atomic E-state index is -0.848. The van der Waals surface area contributed by atoms with Gasteiger partial charge in [0, 0.05) is 5.54 Å². The summed E-state index contributed by atoms with van der Waals surface area (Å²) in [5.41, 5.74) is 10.2. The molecule has 0 rings (SSSR count). The lowest BCUT2D eigenvalue weighted by molar-refractivity contribution is -0.127. The van der Waals surface area contributed by atoms with Gasteiger partial charge in [-0.05, 0) is 20.3 Å². The van der Waals surface area contributed by atoms with Crippen molar-refractivity contribution in [1.29, 1.82) is 0 Å². The molecule has 0 fully saturated rings. The number of amides is 2. The van der Waals surface area contributed by atoms with Crippen LogP contribution in [0.5, 0.6) is 0 Å². The minimum Gasteiger partial charge on any atom is -0.370 e. The average molecular weight is 215 g/mol. The lowest BCUT2D eigenvalue weighted by Gasteiger charge is -2.27. The Morgan fingerprint density at radius 1 is 1.40 bits per heavy atom. The number of carbonyl (C=O) groups excluding carboxylic acids is 2. The van der Waals surface area contributed by atoms with Gasteiger partial charge in [-0.25, -0.2) is 0 Å². The molecule has 0 aliphatic heterocycles. The number of hydrogen-bond acceptors (Lipinski definition) is 3. The van der Waals surface area contributed by atoms with Crippen molar-refractivity contribution in [3.8, 4) is 0 Å². The van der Waals surface area contributed by atoms with Crippen molar-refractivity contribution in [2.24, 2.45) is 11.5 Å². The summed E-state index contributed by atoms with van der Waals surface area (Å²) in [4.78, 5) is 22.1. The van der Waals surface area contributed by atoms with Gasteiger partial charge in [0.05, 0.1) is 12.5 Å². The van der Waals surface area contributed by atoms with Gasteiger partial charge in [0.2, 0.25) is 11.8 Å². The van der Waals surface area contributed by atoms with Crippen LogP contribution in [0.3, 0.4) is 0 Å². The highest BCUT2D eigenvalue weighted by molar-refractivity contribution is 5.87. The van der Waals surface area contributed by atoms with Crippen molar-refractivity contribution in [2.45, 2.75) is 51.6 Å². The van der Waals surface area contributed by atoms with Crippen molar-refractivity contribution in [1.82, 2.24) is 5.32 Å². The molecule has 2 amide bonds. The van der Waals surface area contributed by atoms with Gasteiger partial charge in [0.15, 0.2) is 0 Å². The molecular formula is C10H21N3O2. The van der Waals surface area contributed by atoms with E-state index in [1.807, 2.05) is 20.8 Å². The van der Waals surface area contributed by atoms with E-state index in [-0.39, 0.29) is 17.9 Å². The first-order chi connectivity index (χ1) is 6.78. The average Bonchev–Trinajstić information content (AvgIpc) is 2.01. The van der Waals surface area contributed by atoms with E-state index in [1.165, 1.54) is 0 Å². The maximum absolute atomic E-state index is 11.5. The fourth-order valence-corrected chi connectivity index (χ4v) is 1.42. The second-order valence-corrected chi connectivity index (χ2v) is 4.40. The van der Waals surface area contributed by atoms with E-state index >= 15 is 0 Å². The van der Waals surface area contributed by atoms with Crippen LogP contribution in [0.15, 0.2) is 0 Å². The molecule has 5 heteroatoms. The molecule has 0 saturated heterocycles. The topological polar surface area (TPSA) is 98.2 Å². The minimum absolute atomic E-state index is 0.117. The first-order valence-electron chi connectivity index (χ1n) is 5.14. The van der Waals surface area contributed by atoms with Crippen molar-refractivity contribution in [2.75, 3.05) is 0 Å². The number of hydrogen-bond donors (Lipinski definition) is 3. The summed E-state index contributed by atoms with van der Waals surface area (Å²) in [5.74, 6) is -0.891. The summed E-state index contributed by atoms with van der Waals surface area (Å²) in [6.45, 7) is 5.88. The molecule has 0 aliphatic carbocycles. The number of nitrogens with two attached hydrogens (primary N) is 2. The van der Waals surface area contributed by atoms with Gasteiger partial charge in [-0.1, -0.05) is 13.3 Å². The molecule has 1 unspecified atom stereocenters. The first kappa shape index (κ1) is 13.9. The summed E-state index contributed by atoms with van der Waals surface area (Å²) in [6.07, 6.45) is 1.72. The van der Waals surface area contributed by atoms with Gasteiger partial charge in [0.1, 0.15) is 0 Å². The molecule has 88 valence electrons. The molecule has 0 radical (unpaired) electrons. The lowest BCUT2D eigenvalue weighted by Crippen LogP contribution is -2.51. The standard InChI is InChI=1S/C10H21N3O2/c1-4-5-10(2,3)13-9(15)7(11)6-8(12)14/h7H,4-6,11H2,1-3H3,(H2,12,14)(H,13,15). The molecule has 0 heterocycles. The normalized spacial score (nSPS) is 13.3. The van der Waals surface area contributed by atoms with Crippen LogP contribution >= 0.6 is 0 Å². The van der Waals surface area contributed by atoms with Crippen LogP contribution in [0.1, 0.15) is 40.0 Å². The second kappa shape index (κ2) is 5.70. The maximum Gasteiger partial charge on any atom is 0.237 e. The van der Waals surface area contributed by atoms with Crippen molar-refractivity contribution < 1.29 is 9.59 Å². The van der Waals surface area contributed by atoms with Gasteiger partial charge in [-0.15, -0.1) is 0 Å². The third-order valence-electron chi connectivity index (χ3n) is 2.09. The predicted octanol–water partition coefficient (Wildman–Crippen LogP) is -0.116. The fraction of sp³-hybridized carbons (Fsp3) is 0.800. The van der Waals surface area contributed by atoms with Crippen LogP contribution in [0, 0.1) is 0 Å². The van der Waals surface area contributed by atoms with Gasteiger partial charge < -0.3 is 16.8 Å². The Kier molecular flexibility index (Phi) is 5.28. The van der Waals surface area contributed by atoms with E-state index in [1.54, 1.807) is 0 Å². The van der Waals surface area contributed by atoms with E-state index in [4.69, 9.17) is 11.5 Å². The third kappa shape index (κ3) is 6.06. The van der Waals surface area contributed by atoms with Crippen LogP contribution in [0.2, 0.25) is 0 Å². The number of carbonyl (C=O) groups is 2. The van der Waals surface area contributed by atoms with Crippen LogP contribution < -0.4 is 16.8 Å². The van der Waals surface area contributed by atoms with E-state index in [0.717, 1.165) is 12.8 Å². The van der Waals surface area contributed by atoms with E-state index in [9.17, 15) is 9.59 Å². The summed E-state index contributed by atoms with van der Waals surface area (Å²) < 4.78 is 0. The van der Waals surface area contributed by atoms with Crippen molar-refractivity contribution in [3.63, 3.8) is 0 Å². The molecule has 0 aliphatic rings. The molecule has 0 saturated carbocycles. The largest absolute Gasteiger partial charge is 0.370 e. The highest BCUT2D eigenvalue weighted by Crippen LogP contribution is 2.10. The molecule has 0 aromatic carbocycles.